The number of thioether (sulfide) groups is 1. The molecule has 0 aliphatic heterocycles. The molecule has 2 atom stereocenters. The summed E-state index contributed by atoms with van der Waals surface area (Å²) in [4.78, 5) is 12.2. The SMILES string of the molecule is CNC1(C(=O)OC)CCCC1CCSc1cc(C)nn1C. The highest BCUT2D eigenvalue weighted by Gasteiger charge is 2.48. The Kier molecular flexibility index (Phi) is 5.32. The Balaban J connectivity index is 1.95. The van der Waals surface area contributed by atoms with E-state index in [1.807, 2.05) is 25.7 Å². The monoisotopic (exact) mass is 311 g/mol. The third kappa shape index (κ3) is 3.26. The maximum Gasteiger partial charge on any atom is 0.326 e. The number of nitrogens with one attached hydrogen (secondary N) is 1. The molecule has 1 N–H and O–H groups in total. The molecule has 5 nitrogen and oxygen atoms in total. The van der Waals surface area contributed by atoms with Gasteiger partial charge in [0.15, 0.2) is 0 Å². The first kappa shape index (κ1) is 16.4. The van der Waals surface area contributed by atoms with Gasteiger partial charge in [0.1, 0.15) is 5.54 Å². The van der Waals surface area contributed by atoms with E-state index in [0.29, 0.717) is 5.92 Å². The molecule has 21 heavy (non-hydrogen) atoms. The van der Waals surface area contributed by atoms with Crippen LogP contribution < -0.4 is 5.32 Å². The number of likely N-dealkylation sites (N-methyl/N-ethyl adjacent to an activating group) is 1. The summed E-state index contributed by atoms with van der Waals surface area (Å²) in [6, 6.07) is 2.10. The first-order chi connectivity index (χ1) is 10.0. The number of esters is 1. The van der Waals surface area contributed by atoms with Gasteiger partial charge in [0.05, 0.1) is 17.8 Å². The van der Waals surface area contributed by atoms with E-state index in [9.17, 15) is 4.79 Å². The van der Waals surface area contributed by atoms with Crippen molar-refractivity contribution in [2.75, 3.05) is 19.9 Å². The van der Waals surface area contributed by atoms with Crippen molar-refractivity contribution in [3.05, 3.63) is 11.8 Å². The summed E-state index contributed by atoms with van der Waals surface area (Å²) in [5, 5.41) is 8.78. The second kappa shape index (κ2) is 6.83. The van der Waals surface area contributed by atoms with Crippen molar-refractivity contribution >= 4 is 17.7 Å². The van der Waals surface area contributed by atoms with Crippen molar-refractivity contribution in [2.45, 2.75) is 43.2 Å². The van der Waals surface area contributed by atoms with E-state index in [2.05, 4.69) is 16.5 Å². The van der Waals surface area contributed by atoms with Gasteiger partial charge in [-0.1, -0.05) is 6.42 Å². The molecule has 1 aromatic heterocycles. The van der Waals surface area contributed by atoms with Gasteiger partial charge in [-0.3, -0.25) is 9.48 Å². The Hall–Kier alpha value is -1.01. The van der Waals surface area contributed by atoms with Gasteiger partial charge in [0.25, 0.3) is 0 Å². The van der Waals surface area contributed by atoms with Crippen LogP contribution in [0, 0.1) is 12.8 Å². The van der Waals surface area contributed by atoms with Crippen LogP contribution in [0.4, 0.5) is 0 Å². The quantitative estimate of drug-likeness (QED) is 0.644. The molecule has 1 aliphatic rings. The number of rotatable bonds is 6. The fourth-order valence-electron chi connectivity index (χ4n) is 3.38. The van der Waals surface area contributed by atoms with Crippen molar-refractivity contribution in [1.82, 2.24) is 15.1 Å². The molecule has 2 rings (SSSR count). The largest absolute Gasteiger partial charge is 0.468 e. The molecule has 2 unspecified atom stereocenters. The Morgan fingerprint density at radius 3 is 3.00 bits per heavy atom. The zero-order valence-corrected chi connectivity index (χ0v) is 14.1. The molecule has 1 saturated carbocycles. The predicted molar refractivity (Wildman–Crippen MR) is 84.4 cm³/mol. The van der Waals surface area contributed by atoms with Crippen molar-refractivity contribution < 1.29 is 9.53 Å². The minimum Gasteiger partial charge on any atom is -0.468 e. The molecule has 0 amide bonds. The number of aromatic nitrogens is 2. The van der Waals surface area contributed by atoms with Crippen LogP contribution in [-0.4, -0.2) is 41.2 Å². The second-order valence-corrected chi connectivity index (χ2v) is 6.80. The summed E-state index contributed by atoms with van der Waals surface area (Å²) < 4.78 is 6.94. The Bertz CT molecular complexity index is 503. The standard InChI is InChI=1S/C15H25N3O2S/c1-11-10-13(18(3)17-11)21-9-7-12-6-5-8-15(12,16-2)14(19)20-4/h10,12,16H,5-9H2,1-4H3. The summed E-state index contributed by atoms with van der Waals surface area (Å²) >= 11 is 1.81. The smallest absolute Gasteiger partial charge is 0.326 e. The molecule has 0 saturated heterocycles. The van der Waals surface area contributed by atoms with E-state index in [-0.39, 0.29) is 5.97 Å². The zero-order valence-electron chi connectivity index (χ0n) is 13.3. The Morgan fingerprint density at radius 2 is 2.43 bits per heavy atom. The number of carbonyl (C=O) groups excluding carboxylic acids is 1. The number of hydrogen-bond donors (Lipinski definition) is 1. The lowest BCUT2D eigenvalue weighted by Gasteiger charge is -2.32. The van der Waals surface area contributed by atoms with Crippen LogP contribution in [0.3, 0.4) is 0 Å². The van der Waals surface area contributed by atoms with Crippen LogP contribution >= 0.6 is 11.8 Å². The molecular weight excluding hydrogens is 286 g/mol. The van der Waals surface area contributed by atoms with Gasteiger partial charge in [-0.15, -0.1) is 11.8 Å². The summed E-state index contributed by atoms with van der Waals surface area (Å²) in [6.45, 7) is 2.00. The lowest BCUT2D eigenvalue weighted by Crippen LogP contribution is -2.53. The van der Waals surface area contributed by atoms with E-state index >= 15 is 0 Å². The van der Waals surface area contributed by atoms with E-state index in [1.54, 1.807) is 11.8 Å². The molecule has 0 aromatic carbocycles. The van der Waals surface area contributed by atoms with Crippen LogP contribution in [0.2, 0.25) is 0 Å². The van der Waals surface area contributed by atoms with Crippen molar-refractivity contribution in [1.29, 1.82) is 0 Å². The number of aryl methyl sites for hydroxylation is 2. The molecular formula is C15H25N3O2S. The van der Waals surface area contributed by atoms with Gasteiger partial charge >= 0.3 is 5.97 Å². The van der Waals surface area contributed by atoms with Gasteiger partial charge in [0, 0.05) is 7.05 Å². The number of ether oxygens (including phenoxy) is 1. The van der Waals surface area contributed by atoms with Crippen LogP contribution in [0.5, 0.6) is 0 Å². The molecule has 1 aliphatic carbocycles. The minimum atomic E-state index is -0.488. The number of nitrogens with zero attached hydrogens (tertiary/aromatic N) is 2. The molecule has 1 aromatic rings. The Morgan fingerprint density at radius 1 is 1.67 bits per heavy atom. The molecule has 118 valence electrons. The summed E-state index contributed by atoms with van der Waals surface area (Å²) in [5.41, 5.74) is 0.553. The fourth-order valence-corrected chi connectivity index (χ4v) is 4.47. The molecule has 1 heterocycles. The summed E-state index contributed by atoms with van der Waals surface area (Å²) in [6.07, 6.45) is 4.04. The number of carbonyl (C=O) groups is 1. The van der Waals surface area contributed by atoms with Crippen LogP contribution in [0.15, 0.2) is 11.1 Å². The highest BCUT2D eigenvalue weighted by atomic mass is 32.2. The lowest BCUT2D eigenvalue weighted by atomic mass is 9.85. The molecule has 6 heteroatoms. The van der Waals surface area contributed by atoms with Crippen LogP contribution in [0.1, 0.15) is 31.4 Å². The van der Waals surface area contributed by atoms with Gasteiger partial charge < -0.3 is 10.1 Å². The molecule has 1 fully saturated rings. The maximum absolute atomic E-state index is 12.2. The lowest BCUT2D eigenvalue weighted by molar-refractivity contribution is -0.150. The molecule has 0 radical (unpaired) electrons. The third-order valence-corrected chi connectivity index (χ3v) is 5.61. The van der Waals surface area contributed by atoms with E-state index < -0.39 is 5.54 Å². The van der Waals surface area contributed by atoms with E-state index in [1.165, 1.54) is 12.1 Å². The van der Waals surface area contributed by atoms with Gasteiger partial charge in [-0.05, 0) is 51.0 Å². The van der Waals surface area contributed by atoms with Crippen molar-refractivity contribution in [3.63, 3.8) is 0 Å². The molecule has 0 bridgehead atoms. The van der Waals surface area contributed by atoms with E-state index in [0.717, 1.165) is 37.1 Å². The highest BCUT2D eigenvalue weighted by Crippen LogP contribution is 2.39. The van der Waals surface area contributed by atoms with Crippen molar-refractivity contribution in [3.8, 4) is 0 Å². The van der Waals surface area contributed by atoms with Crippen LogP contribution in [-0.2, 0) is 16.6 Å². The predicted octanol–water partition coefficient (Wildman–Crippen LogP) is 2.14. The average molecular weight is 311 g/mol. The van der Waals surface area contributed by atoms with Crippen molar-refractivity contribution in [2.24, 2.45) is 13.0 Å². The average Bonchev–Trinajstić information content (AvgIpc) is 3.02. The maximum atomic E-state index is 12.2. The first-order valence-electron chi connectivity index (χ1n) is 7.44. The summed E-state index contributed by atoms with van der Waals surface area (Å²) in [5.74, 6) is 1.22. The Labute approximate surface area is 130 Å². The third-order valence-electron chi connectivity index (χ3n) is 4.49. The first-order valence-corrected chi connectivity index (χ1v) is 8.43. The molecule has 0 spiro atoms. The van der Waals surface area contributed by atoms with Crippen LogP contribution in [0.25, 0.3) is 0 Å². The minimum absolute atomic E-state index is 0.117. The highest BCUT2D eigenvalue weighted by molar-refractivity contribution is 7.99. The number of hydrogen-bond acceptors (Lipinski definition) is 5. The van der Waals surface area contributed by atoms with E-state index in [4.69, 9.17) is 4.74 Å². The zero-order chi connectivity index (χ0) is 15.5. The topological polar surface area (TPSA) is 56.1 Å². The normalized spacial score (nSPS) is 25.2. The van der Waals surface area contributed by atoms with Gasteiger partial charge in [-0.25, -0.2) is 0 Å². The summed E-state index contributed by atoms with van der Waals surface area (Å²) in [7, 11) is 5.31. The number of methoxy groups -OCH3 is 1. The van der Waals surface area contributed by atoms with Gasteiger partial charge in [-0.2, -0.15) is 5.10 Å². The fraction of sp³-hybridized carbons (Fsp3) is 0.733. The second-order valence-electron chi connectivity index (χ2n) is 5.69. The van der Waals surface area contributed by atoms with Gasteiger partial charge in [0.2, 0.25) is 0 Å².